The molecule has 0 aliphatic rings. The number of unbranched alkanes of at least 4 members (excludes halogenated alkanes) is 4. The molecule has 0 amide bonds. The van der Waals surface area contributed by atoms with E-state index in [9.17, 15) is 0 Å². The highest BCUT2D eigenvalue weighted by Gasteiger charge is 2.06. The quantitative estimate of drug-likeness (QED) is 0.446. The van der Waals surface area contributed by atoms with Gasteiger partial charge in [0.05, 0.1) is 0 Å². The summed E-state index contributed by atoms with van der Waals surface area (Å²) in [5.74, 6) is 0. The zero-order valence-corrected chi connectivity index (χ0v) is 13.3. The fourth-order valence-corrected chi connectivity index (χ4v) is 2.92. The largest absolute Gasteiger partial charge is 0.0654 e. The van der Waals surface area contributed by atoms with Gasteiger partial charge in [-0.15, -0.1) is 0 Å². The molecule has 0 N–H and O–H groups in total. The maximum absolute atomic E-state index is 2.37. The number of benzene rings is 1. The summed E-state index contributed by atoms with van der Waals surface area (Å²) in [6.07, 6.45) is 13.2. The number of hydrogen-bond acceptors (Lipinski definition) is 0. The molecule has 0 radical (unpaired) electrons. The Hall–Kier alpha value is -0.780. The lowest BCUT2D eigenvalue weighted by Crippen LogP contribution is -2.00. The summed E-state index contributed by atoms with van der Waals surface area (Å²) in [5, 5.41) is 0. The van der Waals surface area contributed by atoms with Gasteiger partial charge in [-0.2, -0.15) is 0 Å². The van der Waals surface area contributed by atoms with Crippen molar-refractivity contribution < 1.29 is 0 Å². The summed E-state index contributed by atoms with van der Waals surface area (Å²) in [5.41, 5.74) is 4.90. The summed E-state index contributed by atoms with van der Waals surface area (Å²) >= 11 is 0. The Morgan fingerprint density at radius 2 is 1.26 bits per heavy atom. The average molecular weight is 260 g/mol. The fraction of sp³-hybridized carbons (Fsp3) is 0.684. The van der Waals surface area contributed by atoms with Gasteiger partial charge in [-0.3, -0.25) is 0 Å². The van der Waals surface area contributed by atoms with Crippen LogP contribution in [-0.4, -0.2) is 0 Å². The molecule has 0 spiro atoms. The highest BCUT2D eigenvalue weighted by Crippen LogP contribution is 2.21. The van der Waals surface area contributed by atoms with E-state index in [0.717, 1.165) is 0 Å². The van der Waals surface area contributed by atoms with E-state index in [2.05, 4.69) is 39.0 Å². The van der Waals surface area contributed by atoms with Crippen LogP contribution in [-0.2, 0) is 19.3 Å². The van der Waals surface area contributed by atoms with Gasteiger partial charge in [-0.05, 0) is 42.4 Å². The standard InChI is InChI=1S/C19H32/c1-4-7-8-9-10-14-18-16-11-15-17(12-5-2)19(18)13-6-3/h11,15-16H,4-10,12-14H2,1-3H3. The second kappa shape index (κ2) is 10.1. The van der Waals surface area contributed by atoms with Crippen molar-refractivity contribution in [1.82, 2.24) is 0 Å². The van der Waals surface area contributed by atoms with Crippen LogP contribution in [0.15, 0.2) is 18.2 Å². The summed E-state index contributed by atoms with van der Waals surface area (Å²) in [6.45, 7) is 6.87. The lowest BCUT2D eigenvalue weighted by atomic mass is 9.92. The van der Waals surface area contributed by atoms with E-state index >= 15 is 0 Å². The first-order chi connectivity index (χ1) is 9.33. The molecule has 0 fully saturated rings. The summed E-state index contributed by atoms with van der Waals surface area (Å²) in [7, 11) is 0. The van der Waals surface area contributed by atoms with Crippen LogP contribution < -0.4 is 0 Å². The van der Waals surface area contributed by atoms with Crippen LogP contribution in [0.5, 0.6) is 0 Å². The van der Waals surface area contributed by atoms with Crippen molar-refractivity contribution in [2.24, 2.45) is 0 Å². The van der Waals surface area contributed by atoms with Crippen LogP contribution >= 0.6 is 0 Å². The zero-order chi connectivity index (χ0) is 13.9. The van der Waals surface area contributed by atoms with Crippen molar-refractivity contribution in [2.45, 2.75) is 85.0 Å². The second-order valence-corrected chi connectivity index (χ2v) is 5.72. The molecule has 0 bridgehead atoms. The van der Waals surface area contributed by atoms with Crippen molar-refractivity contribution in [3.05, 3.63) is 34.9 Å². The first kappa shape index (κ1) is 16.3. The topological polar surface area (TPSA) is 0 Å². The normalized spacial score (nSPS) is 10.9. The van der Waals surface area contributed by atoms with Gasteiger partial charge in [0.1, 0.15) is 0 Å². The van der Waals surface area contributed by atoms with E-state index < -0.39 is 0 Å². The minimum atomic E-state index is 1.25. The lowest BCUT2D eigenvalue weighted by Gasteiger charge is -2.14. The van der Waals surface area contributed by atoms with E-state index in [0.29, 0.717) is 0 Å². The van der Waals surface area contributed by atoms with E-state index in [1.807, 2.05) is 0 Å². The molecule has 0 nitrogen and oxygen atoms in total. The van der Waals surface area contributed by atoms with Gasteiger partial charge in [-0.25, -0.2) is 0 Å². The molecule has 19 heavy (non-hydrogen) atoms. The molecule has 1 aromatic rings. The Balaban J connectivity index is 2.61. The van der Waals surface area contributed by atoms with E-state index in [1.165, 1.54) is 64.2 Å². The molecule has 0 aliphatic carbocycles. The monoisotopic (exact) mass is 260 g/mol. The molecular formula is C19H32. The number of hydrogen-bond donors (Lipinski definition) is 0. The van der Waals surface area contributed by atoms with Crippen molar-refractivity contribution in [1.29, 1.82) is 0 Å². The third-order valence-corrected chi connectivity index (χ3v) is 3.94. The van der Waals surface area contributed by atoms with Crippen LogP contribution in [0.2, 0.25) is 0 Å². The Labute approximate surface area is 120 Å². The third kappa shape index (κ3) is 5.80. The van der Waals surface area contributed by atoms with Crippen LogP contribution in [0.4, 0.5) is 0 Å². The molecule has 0 atom stereocenters. The molecule has 0 heteroatoms. The van der Waals surface area contributed by atoms with Crippen molar-refractivity contribution >= 4 is 0 Å². The maximum atomic E-state index is 2.37. The highest BCUT2D eigenvalue weighted by molar-refractivity contribution is 5.35. The van der Waals surface area contributed by atoms with Gasteiger partial charge in [0.15, 0.2) is 0 Å². The Morgan fingerprint density at radius 1 is 0.632 bits per heavy atom. The first-order valence-electron chi connectivity index (χ1n) is 8.43. The summed E-state index contributed by atoms with van der Waals surface area (Å²) < 4.78 is 0. The van der Waals surface area contributed by atoms with Crippen LogP contribution in [0, 0.1) is 0 Å². The molecule has 1 aromatic carbocycles. The molecule has 0 aliphatic heterocycles. The smallest absolute Gasteiger partial charge is 0.0276 e. The van der Waals surface area contributed by atoms with Crippen LogP contribution in [0.3, 0.4) is 0 Å². The van der Waals surface area contributed by atoms with Gasteiger partial charge < -0.3 is 0 Å². The Bertz CT molecular complexity index is 338. The summed E-state index contributed by atoms with van der Waals surface area (Å²) in [4.78, 5) is 0. The average Bonchev–Trinajstić information content (AvgIpc) is 2.42. The lowest BCUT2D eigenvalue weighted by molar-refractivity contribution is 0.630. The van der Waals surface area contributed by atoms with Crippen LogP contribution in [0.1, 0.15) is 82.4 Å². The van der Waals surface area contributed by atoms with Gasteiger partial charge in [0.25, 0.3) is 0 Å². The van der Waals surface area contributed by atoms with Gasteiger partial charge in [0.2, 0.25) is 0 Å². The van der Waals surface area contributed by atoms with Crippen molar-refractivity contribution in [3.63, 3.8) is 0 Å². The molecule has 1 rings (SSSR count). The molecule has 0 aromatic heterocycles. The Morgan fingerprint density at radius 3 is 1.89 bits per heavy atom. The minimum absolute atomic E-state index is 1.25. The minimum Gasteiger partial charge on any atom is -0.0654 e. The number of rotatable bonds is 10. The van der Waals surface area contributed by atoms with Crippen molar-refractivity contribution in [2.75, 3.05) is 0 Å². The van der Waals surface area contributed by atoms with E-state index in [1.54, 1.807) is 16.7 Å². The first-order valence-corrected chi connectivity index (χ1v) is 8.43. The molecular weight excluding hydrogens is 228 g/mol. The Kier molecular flexibility index (Phi) is 8.62. The summed E-state index contributed by atoms with van der Waals surface area (Å²) in [6, 6.07) is 6.98. The molecule has 0 heterocycles. The van der Waals surface area contributed by atoms with E-state index in [-0.39, 0.29) is 0 Å². The predicted octanol–water partition coefficient (Wildman–Crippen LogP) is 6.10. The predicted molar refractivity (Wildman–Crippen MR) is 86.9 cm³/mol. The molecule has 0 saturated heterocycles. The molecule has 0 saturated carbocycles. The van der Waals surface area contributed by atoms with Gasteiger partial charge >= 0.3 is 0 Å². The van der Waals surface area contributed by atoms with Gasteiger partial charge in [-0.1, -0.05) is 77.5 Å². The second-order valence-electron chi connectivity index (χ2n) is 5.72. The fourth-order valence-electron chi connectivity index (χ4n) is 2.92. The molecule has 108 valence electrons. The SMILES string of the molecule is CCCCCCCc1cccc(CCC)c1CCC. The van der Waals surface area contributed by atoms with E-state index in [4.69, 9.17) is 0 Å². The van der Waals surface area contributed by atoms with Crippen LogP contribution in [0.25, 0.3) is 0 Å². The highest BCUT2D eigenvalue weighted by atomic mass is 14.1. The molecule has 0 unspecified atom stereocenters. The third-order valence-electron chi connectivity index (χ3n) is 3.94. The van der Waals surface area contributed by atoms with Crippen molar-refractivity contribution in [3.8, 4) is 0 Å². The van der Waals surface area contributed by atoms with Gasteiger partial charge in [0, 0.05) is 0 Å². The maximum Gasteiger partial charge on any atom is -0.0276 e. The zero-order valence-electron chi connectivity index (χ0n) is 13.3. The number of aryl methyl sites for hydroxylation is 2.